The molecule has 1 aromatic rings. The van der Waals surface area contributed by atoms with Crippen LogP contribution in [-0.4, -0.2) is 18.8 Å². The average molecular weight is 220 g/mol. The van der Waals surface area contributed by atoms with Gasteiger partial charge >= 0.3 is 0 Å². The van der Waals surface area contributed by atoms with Gasteiger partial charge in [0, 0.05) is 11.5 Å². The van der Waals surface area contributed by atoms with Crippen molar-refractivity contribution in [1.29, 1.82) is 0 Å². The van der Waals surface area contributed by atoms with Crippen molar-refractivity contribution in [3.05, 3.63) is 29.3 Å². The molecule has 0 amide bonds. The van der Waals surface area contributed by atoms with Crippen LogP contribution in [0.1, 0.15) is 30.9 Å². The van der Waals surface area contributed by atoms with Crippen molar-refractivity contribution >= 4 is 5.76 Å². The Morgan fingerprint density at radius 1 is 1.38 bits per heavy atom. The molecular formula is C13H16O3. The van der Waals surface area contributed by atoms with Crippen LogP contribution < -0.4 is 4.74 Å². The highest BCUT2D eigenvalue weighted by Crippen LogP contribution is 2.42. The van der Waals surface area contributed by atoms with E-state index in [2.05, 4.69) is 13.0 Å². The Balaban J connectivity index is 2.46. The minimum atomic E-state index is 0.154. The van der Waals surface area contributed by atoms with Crippen LogP contribution in [0.25, 0.3) is 5.76 Å². The van der Waals surface area contributed by atoms with E-state index in [4.69, 9.17) is 9.47 Å². The van der Waals surface area contributed by atoms with Gasteiger partial charge in [-0.05, 0) is 30.7 Å². The zero-order chi connectivity index (χ0) is 11.7. The molecule has 1 N–H and O–H groups in total. The Kier molecular flexibility index (Phi) is 2.77. The smallest absolute Gasteiger partial charge is 0.160 e. The van der Waals surface area contributed by atoms with Crippen LogP contribution in [0.5, 0.6) is 11.5 Å². The number of ether oxygens (including phenoxy) is 2. The summed E-state index contributed by atoms with van der Waals surface area (Å²) in [4.78, 5) is 0. The summed E-state index contributed by atoms with van der Waals surface area (Å²) in [5.74, 6) is 1.81. The number of hydrogen-bond donors (Lipinski definition) is 1. The molecule has 3 nitrogen and oxygen atoms in total. The Labute approximate surface area is 95.3 Å². The number of allylic oxidation sites excluding steroid dienone is 1. The molecule has 0 spiro atoms. The van der Waals surface area contributed by atoms with E-state index in [0.29, 0.717) is 18.3 Å². The predicted molar refractivity (Wildman–Crippen MR) is 62.7 cm³/mol. The maximum atomic E-state index is 9.74. The van der Waals surface area contributed by atoms with Crippen molar-refractivity contribution in [3.63, 3.8) is 0 Å². The second kappa shape index (κ2) is 4.08. The second-order valence-corrected chi connectivity index (χ2v) is 3.86. The van der Waals surface area contributed by atoms with Gasteiger partial charge in [-0.2, -0.15) is 0 Å². The summed E-state index contributed by atoms with van der Waals surface area (Å²) in [6.45, 7) is 4.68. The first-order valence-electron chi connectivity index (χ1n) is 5.43. The lowest BCUT2D eigenvalue weighted by molar-refractivity contribution is 0.298. The van der Waals surface area contributed by atoms with Crippen molar-refractivity contribution in [2.75, 3.05) is 13.7 Å². The topological polar surface area (TPSA) is 38.7 Å². The van der Waals surface area contributed by atoms with E-state index in [1.165, 1.54) is 0 Å². The molecule has 16 heavy (non-hydrogen) atoms. The molecule has 1 aliphatic carbocycles. The van der Waals surface area contributed by atoms with Gasteiger partial charge in [-0.15, -0.1) is 0 Å². The van der Waals surface area contributed by atoms with E-state index >= 15 is 0 Å². The largest absolute Gasteiger partial charge is 0.504 e. The summed E-state index contributed by atoms with van der Waals surface area (Å²) in [5, 5.41) is 9.74. The number of phenols is 1. The number of aromatic hydroxyl groups is 1. The van der Waals surface area contributed by atoms with Crippen LogP contribution in [0.4, 0.5) is 0 Å². The van der Waals surface area contributed by atoms with Gasteiger partial charge in [0.1, 0.15) is 5.76 Å². The molecule has 1 aliphatic rings. The normalized spacial score (nSPS) is 17.9. The lowest BCUT2D eigenvalue weighted by Gasteiger charge is -2.11. The summed E-state index contributed by atoms with van der Waals surface area (Å²) < 4.78 is 10.6. The molecule has 3 heteroatoms. The predicted octanol–water partition coefficient (Wildman–Crippen LogP) is 2.90. The number of phenolic OH excluding ortho intramolecular Hbond substituents is 1. The monoisotopic (exact) mass is 220 g/mol. The van der Waals surface area contributed by atoms with Crippen LogP contribution in [-0.2, 0) is 4.74 Å². The third-order valence-corrected chi connectivity index (χ3v) is 2.81. The van der Waals surface area contributed by atoms with Crippen LogP contribution >= 0.6 is 0 Å². The Morgan fingerprint density at radius 3 is 2.75 bits per heavy atom. The van der Waals surface area contributed by atoms with Crippen molar-refractivity contribution in [3.8, 4) is 11.5 Å². The molecule has 2 rings (SSSR count). The van der Waals surface area contributed by atoms with Gasteiger partial charge < -0.3 is 14.6 Å². The van der Waals surface area contributed by atoms with Crippen LogP contribution in [0.15, 0.2) is 18.2 Å². The average Bonchev–Trinajstić information content (AvgIpc) is 2.55. The summed E-state index contributed by atoms with van der Waals surface area (Å²) in [6.07, 6.45) is 2.06. The van der Waals surface area contributed by atoms with Crippen LogP contribution in [0.2, 0.25) is 0 Å². The molecule has 0 aromatic heterocycles. The summed E-state index contributed by atoms with van der Waals surface area (Å²) in [6, 6.07) is 3.58. The zero-order valence-electron chi connectivity index (χ0n) is 9.78. The van der Waals surface area contributed by atoms with E-state index in [0.717, 1.165) is 16.9 Å². The molecule has 86 valence electrons. The number of hydrogen-bond acceptors (Lipinski definition) is 3. The lowest BCUT2D eigenvalue weighted by atomic mass is 10.0. The maximum absolute atomic E-state index is 9.74. The first-order chi connectivity index (χ1) is 7.67. The third-order valence-electron chi connectivity index (χ3n) is 2.81. The van der Waals surface area contributed by atoms with Crippen molar-refractivity contribution in [2.45, 2.75) is 19.8 Å². The minimum Gasteiger partial charge on any atom is -0.504 e. The molecule has 0 heterocycles. The van der Waals surface area contributed by atoms with E-state index in [-0.39, 0.29) is 5.75 Å². The standard InChI is InChI=1S/C13H16O3/c1-4-16-12-5-8(2)9-7-13(15-3)11(14)6-10(9)12/h5-8,14H,4H2,1-3H3/t8-/m0/s1. The van der Waals surface area contributed by atoms with Crippen molar-refractivity contribution in [1.82, 2.24) is 0 Å². The number of fused-ring (bicyclic) bond motifs is 1. The molecule has 0 radical (unpaired) electrons. The minimum absolute atomic E-state index is 0.154. The fourth-order valence-electron chi connectivity index (χ4n) is 2.03. The second-order valence-electron chi connectivity index (χ2n) is 3.86. The number of methoxy groups -OCH3 is 1. The van der Waals surface area contributed by atoms with E-state index < -0.39 is 0 Å². The quantitative estimate of drug-likeness (QED) is 0.851. The highest BCUT2D eigenvalue weighted by molar-refractivity contribution is 5.73. The summed E-state index contributed by atoms with van der Waals surface area (Å²) in [5.41, 5.74) is 2.10. The maximum Gasteiger partial charge on any atom is 0.160 e. The van der Waals surface area contributed by atoms with Crippen LogP contribution in [0.3, 0.4) is 0 Å². The molecule has 1 aromatic carbocycles. The van der Waals surface area contributed by atoms with E-state index in [1.54, 1.807) is 13.2 Å². The lowest BCUT2D eigenvalue weighted by Crippen LogP contribution is -1.93. The number of benzene rings is 1. The number of rotatable bonds is 3. The fourth-order valence-corrected chi connectivity index (χ4v) is 2.03. The molecule has 1 atom stereocenters. The zero-order valence-corrected chi connectivity index (χ0v) is 9.78. The SMILES string of the molecule is CCOC1=C[C@H](C)c2cc(OC)c(O)cc21. The molecule has 0 saturated heterocycles. The van der Waals surface area contributed by atoms with Gasteiger partial charge in [-0.25, -0.2) is 0 Å². The highest BCUT2D eigenvalue weighted by atomic mass is 16.5. The molecule has 0 unspecified atom stereocenters. The Bertz CT molecular complexity index is 435. The third kappa shape index (κ3) is 1.62. The van der Waals surface area contributed by atoms with Gasteiger partial charge in [-0.1, -0.05) is 6.92 Å². The van der Waals surface area contributed by atoms with Crippen LogP contribution in [0, 0.1) is 0 Å². The van der Waals surface area contributed by atoms with Gasteiger partial charge in [-0.3, -0.25) is 0 Å². The molecule has 0 aliphatic heterocycles. The summed E-state index contributed by atoms with van der Waals surface area (Å²) in [7, 11) is 1.55. The van der Waals surface area contributed by atoms with Gasteiger partial charge in [0.25, 0.3) is 0 Å². The van der Waals surface area contributed by atoms with Gasteiger partial charge in [0.05, 0.1) is 13.7 Å². The Hall–Kier alpha value is -1.64. The Morgan fingerprint density at radius 2 is 2.12 bits per heavy atom. The van der Waals surface area contributed by atoms with Crippen molar-refractivity contribution < 1.29 is 14.6 Å². The van der Waals surface area contributed by atoms with Gasteiger partial charge in [0.15, 0.2) is 11.5 Å². The fraction of sp³-hybridized carbons (Fsp3) is 0.385. The van der Waals surface area contributed by atoms with Gasteiger partial charge in [0.2, 0.25) is 0 Å². The first-order valence-corrected chi connectivity index (χ1v) is 5.43. The molecular weight excluding hydrogens is 204 g/mol. The highest BCUT2D eigenvalue weighted by Gasteiger charge is 2.23. The molecule has 0 saturated carbocycles. The molecule has 0 fully saturated rings. The molecule has 0 bridgehead atoms. The van der Waals surface area contributed by atoms with Crippen molar-refractivity contribution in [2.24, 2.45) is 0 Å². The summed E-state index contributed by atoms with van der Waals surface area (Å²) >= 11 is 0. The van der Waals surface area contributed by atoms with E-state index in [1.807, 2.05) is 13.0 Å². The first kappa shape index (κ1) is 10.9. The van der Waals surface area contributed by atoms with E-state index in [9.17, 15) is 5.11 Å².